The fourth-order valence-electron chi connectivity index (χ4n) is 3.18. The van der Waals surface area contributed by atoms with Gasteiger partial charge in [-0.25, -0.2) is 0 Å². The average molecular weight is 348 g/mol. The van der Waals surface area contributed by atoms with Crippen molar-refractivity contribution < 1.29 is 9.53 Å². The van der Waals surface area contributed by atoms with Crippen molar-refractivity contribution in [3.63, 3.8) is 0 Å². The number of benzene rings is 1. The summed E-state index contributed by atoms with van der Waals surface area (Å²) >= 11 is 5.99. The molecule has 3 rings (SSSR count). The van der Waals surface area contributed by atoms with E-state index < -0.39 is 0 Å². The maximum absolute atomic E-state index is 12.6. The monoisotopic (exact) mass is 347 g/mol. The summed E-state index contributed by atoms with van der Waals surface area (Å²) in [4.78, 5) is 12.6. The maximum Gasteiger partial charge on any atom is 0.225 e. The molecule has 24 heavy (non-hydrogen) atoms. The standard InChI is InChI=1S/C18H22ClN3O2/c1-11-16(12(2)22-21-11)9-17(23)20-18(14-7-8-24-10-14)13-3-5-15(19)6-4-13/h3-6,14,18H,7-10H2,1-2H3,(H,20,23)(H,21,22). The molecule has 0 spiro atoms. The molecular formula is C18H22ClN3O2. The third-order valence-electron chi connectivity index (χ3n) is 4.60. The predicted octanol–water partition coefficient (Wildman–Crippen LogP) is 3.12. The van der Waals surface area contributed by atoms with Crippen LogP contribution in [0.1, 0.15) is 35.0 Å². The summed E-state index contributed by atoms with van der Waals surface area (Å²) in [6.45, 7) is 5.25. The second-order valence-corrected chi connectivity index (χ2v) is 6.75. The van der Waals surface area contributed by atoms with Crippen molar-refractivity contribution in [3.05, 3.63) is 51.8 Å². The number of carbonyl (C=O) groups excluding carboxylic acids is 1. The highest BCUT2D eigenvalue weighted by Crippen LogP contribution is 2.29. The Morgan fingerprint density at radius 1 is 1.42 bits per heavy atom. The second kappa shape index (κ2) is 7.36. The largest absolute Gasteiger partial charge is 0.381 e. The molecule has 0 bridgehead atoms. The number of aryl methyl sites for hydroxylation is 2. The summed E-state index contributed by atoms with van der Waals surface area (Å²) in [5.74, 6) is 0.274. The molecule has 6 heteroatoms. The Bertz CT molecular complexity index is 686. The number of H-pyrrole nitrogens is 1. The molecule has 1 saturated heterocycles. The van der Waals surface area contributed by atoms with E-state index in [9.17, 15) is 4.79 Å². The lowest BCUT2D eigenvalue weighted by Crippen LogP contribution is -2.35. The van der Waals surface area contributed by atoms with Crippen LogP contribution in [0.25, 0.3) is 0 Å². The molecule has 2 heterocycles. The molecule has 2 aromatic rings. The van der Waals surface area contributed by atoms with Gasteiger partial charge in [0.2, 0.25) is 5.91 Å². The van der Waals surface area contributed by atoms with Gasteiger partial charge in [0.25, 0.3) is 0 Å². The normalized spacial score (nSPS) is 18.5. The van der Waals surface area contributed by atoms with Gasteiger partial charge in [0.15, 0.2) is 0 Å². The smallest absolute Gasteiger partial charge is 0.225 e. The van der Waals surface area contributed by atoms with Crippen molar-refractivity contribution in [2.75, 3.05) is 13.2 Å². The van der Waals surface area contributed by atoms with Crippen molar-refractivity contribution in [2.45, 2.75) is 32.7 Å². The minimum atomic E-state index is -0.0650. The topological polar surface area (TPSA) is 67.0 Å². The highest BCUT2D eigenvalue weighted by atomic mass is 35.5. The van der Waals surface area contributed by atoms with Gasteiger partial charge >= 0.3 is 0 Å². The SMILES string of the molecule is Cc1n[nH]c(C)c1CC(=O)NC(c1ccc(Cl)cc1)C1CCOC1. The van der Waals surface area contributed by atoms with Crippen molar-refractivity contribution in [2.24, 2.45) is 5.92 Å². The number of nitrogens with zero attached hydrogens (tertiary/aromatic N) is 1. The van der Waals surface area contributed by atoms with Gasteiger partial charge < -0.3 is 10.1 Å². The highest BCUT2D eigenvalue weighted by molar-refractivity contribution is 6.30. The van der Waals surface area contributed by atoms with Crippen LogP contribution in [0.4, 0.5) is 0 Å². The molecule has 1 aromatic heterocycles. The van der Waals surface area contributed by atoms with E-state index >= 15 is 0 Å². The van der Waals surface area contributed by atoms with Crippen LogP contribution in [0.3, 0.4) is 0 Å². The van der Waals surface area contributed by atoms with Gasteiger partial charge in [-0.3, -0.25) is 9.89 Å². The van der Waals surface area contributed by atoms with E-state index in [0.29, 0.717) is 18.1 Å². The van der Waals surface area contributed by atoms with Crippen molar-refractivity contribution in [1.82, 2.24) is 15.5 Å². The lowest BCUT2D eigenvalue weighted by molar-refractivity contribution is -0.121. The Balaban J connectivity index is 1.76. The van der Waals surface area contributed by atoms with E-state index in [1.54, 1.807) is 0 Å². The van der Waals surface area contributed by atoms with E-state index in [0.717, 1.165) is 35.5 Å². The van der Waals surface area contributed by atoms with Gasteiger partial charge in [0.05, 0.1) is 24.8 Å². The number of halogens is 1. The average Bonchev–Trinajstić information content (AvgIpc) is 3.19. The van der Waals surface area contributed by atoms with E-state index in [-0.39, 0.29) is 17.9 Å². The Hall–Kier alpha value is -1.85. The maximum atomic E-state index is 12.6. The van der Waals surface area contributed by atoms with Crippen molar-refractivity contribution in [3.8, 4) is 0 Å². The number of nitrogens with one attached hydrogen (secondary N) is 2. The Labute approximate surface area is 146 Å². The van der Waals surface area contributed by atoms with Crippen molar-refractivity contribution >= 4 is 17.5 Å². The van der Waals surface area contributed by atoms with Crippen LogP contribution in [-0.4, -0.2) is 29.3 Å². The summed E-state index contributed by atoms with van der Waals surface area (Å²) < 4.78 is 5.52. The molecule has 2 unspecified atom stereocenters. The molecule has 1 aromatic carbocycles. The fourth-order valence-corrected chi connectivity index (χ4v) is 3.30. The molecule has 128 valence electrons. The molecule has 1 aliphatic heterocycles. The molecule has 1 amide bonds. The first kappa shape index (κ1) is 17.0. The lowest BCUT2D eigenvalue weighted by Gasteiger charge is -2.24. The first-order valence-electron chi connectivity index (χ1n) is 8.17. The van der Waals surface area contributed by atoms with Crippen LogP contribution < -0.4 is 5.32 Å². The number of carbonyl (C=O) groups is 1. The van der Waals surface area contributed by atoms with Crippen LogP contribution in [0, 0.1) is 19.8 Å². The van der Waals surface area contributed by atoms with Gasteiger partial charge in [-0.15, -0.1) is 0 Å². The fraction of sp³-hybridized carbons (Fsp3) is 0.444. The highest BCUT2D eigenvalue weighted by Gasteiger charge is 2.28. The number of hydrogen-bond donors (Lipinski definition) is 2. The van der Waals surface area contributed by atoms with E-state index in [4.69, 9.17) is 16.3 Å². The molecular weight excluding hydrogens is 326 g/mol. The molecule has 0 aliphatic carbocycles. The number of aromatic amines is 1. The van der Waals surface area contributed by atoms with Gasteiger partial charge in [0.1, 0.15) is 0 Å². The number of amides is 1. The molecule has 5 nitrogen and oxygen atoms in total. The zero-order valence-electron chi connectivity index (χ0n) is 13.9. The number of hydrogen-bond acceptors (Lipinski definition) is 3. The Morgan fingerprint density at radius 2 is 2.17 bits per heavy atom. The summed E-state index contributed by atoms with van der Waals surface area (Å²) in [5.41, 5.74) is 3.83. The number of ether oxygens (including phenoxy) is 1. The first-order valence-corrected chi connectivity index (χ1v) is 8.55. The van der Waals surface area contributed by atoms with Crippen LogP contribution in [0.5, 0.6) is 0 Å². The number of aromatic nitrogens is 2. The molecule has 2 atom stereocenters. The van der Waals surface area contributed by atoms with Gasteiger partial charge in [-0.05, 0) is 38.0 Å². The third-order valence-corrected chi connectivity index (χ3v) is 4.85. The summed E-state index contributed by atoms with van der Waals surface area (Å²) in [5, 5.41) is 11.0. The zero-order valence-corrected chi connectivity index (χ0v) is 14.7. The summed E-state index contributed by atoms with van der Waals surface area (Å²) in [6, 6.07) is 7.59. The van der Waals surface area contributed by atoms with Crippen molar-refractivity contribution in [1.29, 1.82) is 0 Å². The quantitative estimate of drug-likeness (QED) is 0.873. The Kier molecular flexibility index (Phi) is 5.21. The molecule has 2 N–H and O–H groups in total. The predicted molar refractivity (Wildman–Crippen MR) is 93.0 cm³/mol. The molecule has 1 fully saturated rings. The van der Waals surface area contributed by atoms with Crippen LogP contribution >= 0.6 is 11.6 Å². The van der Waals surface area contributed by atoms with Gasteiger partial charge in [-0.1, -0.05) is 23.7 Å². The minimum absolute atomic E-state index is 0.00514. The lowest BCUT2D eigenvalue weighted by atomic mass is 9.92. The van der Waals surface area contributed by atoms with E-state index in [1.807, 2.05) is 38.1 Å². The second-order valence-electron chi connectivity index (χ2n) is 6.31. The number of rotatable bonds is 5. The minimum Gasteiger partial charge on any atom is -0.381 e. The van der Waals surface area contributed by atoms with E-state index in [2.05, 4.69) is 15.5 Å². The van der Waals surface area contributed by atoms with Crippen LogP contribution in [0.2, 0.25) is 5.02 Å². The Morgan fingerprint density at radius 3 is 2.75 bits per heavy atom. The molecule has 1 aliphatic rings. The third kappa shape index (κ3) is 3.79. The van der Waals surface area contributed by atoms with Crippen LogP contribution in [0.15, 0.2) is 24.3 Å². The molecule has 0 radical (unpaired) electrons. The first-order chi connectivity index (χ1) is 11.5. The summed E-state index contributed by atoms with van der Waals surface area (Å²) in [6.07, 6.45) is 1.27. The van der Waals surface area contributed by atoms with Gasteiger partial charge in [0, 0.05) is 28.8 Å². The van der Waals surface area contributed by atoms with Gasteiger partial charge in [-0.2, -0.15) is 5.10 Å². The molecule has 0 saturated carbocycles. The van der Waals surface area contributed by atoms with E-state index in [1.165, 1.54) is 0 Å². The van der Waals surface area contributed by atoms with Crippen LogP contribution in [-0.2, 0) is 16.0 Å². The summed E-state index contributed by atoms with van der Waals surface area (Å²) in [7, 11) is 0. The zero-order chi connectivity index (χ0) is 17.1.